The van der Waals surface area contributed by atoms with Crippen LogP contribution in [0.3, 0.4) is 0 Å². The second kappa shape index (κ2) is 5.22. The second-order valence-electron chi connectivity index (χ2n) is 3.80. The summed E-state index contributed by atoms with van der Waals surface area (Å²) in [5.41, 5.74) is 7.11. The maximum absolute atomic E-state index is 10.7. The number of nitrogens with one attached hydrogen (secondary N) is 1. The van der Waals surface area contributed by atoms with Crippen molar-refractivity contribution in [3.8, 4) is 0 Å². The van der Waals surface area contributed by atoms with E-state index in [-0.39, 0.29) is 5.56 Å². The van der Waals surface area contributed by atoms with E-state index in [2.05, 4.69) is 10.4 Å². The number of hydrogen-bond donors (Lipinski definition) is 3. The van der Waals surface area contributed by atoms with Crippen molar-refractivity contribution < 1.29 is 9.90 Å². The standard InChI is InChI=1S/C12H14N4O2/c13-10-8-9(12(17)18)2-3-11(10)14-5-7-16-6-1-4-15-16/h1-4,6,8,14H,5,7,13H2,(H,17,18). The summed E-state index contributed by atoms with van der Waals surface area (Å²) in [5, 5.41) is 16.0. The van der Waals surface area contributed by atoms with Crippen LogP contribution in [0.25, 0.3) is 0 Å². The Balaban J connectivity index is 1.95. The second-order valence-corrected chi connectivity index (χ2v) is 3.80. The van der Waals surface area contributed by atoms with E-state index < -0.39 is 5.97 Å². The predicted molar refractivity (Wildman–Crippen MR) is 68.5 cm³/mol. The van der Waals surface area contributed by atoms with Gasteiger partial charge in [0.15, 0.2) is 0 Å². The molecule has 6 nitrogen and oxygen atoms in total. The maximum Gasteiger partial charge on any atom is 0.335 e. The summed E-state index contributed by atoms with van der Waals surface area (Å²) in [6, 6.07) is 6.49. The van der Waals surface area contributed by atoms with Crippen LogP contribution in [0.5, 0.6) is 0 Å². The minimum absolute atomic E-state index is 0.185. The third kappa shape index (κ3) is 2.79. The molecule has 0 unspecified atom stereocenters. The van der Waals surface area contributed by atoms with Gasteiger partial charge in [0.2, 0.25) is 0 Å². The Hall–Kier alpha value is -2.50. The summed E-state index contributed by atoms with van der Waals surface area (Å²) in [6.45, 7) is 1.38. The Bertz CT molecular complexity index is 537. The highest BCUT2D eigenvalue weighted by Crippen LogP contribution is 2.19. The number of nitrogens with two attached hydrogens (primary N) is 1. The first kappa shape index (κ1) is 12.0. The van der Waals surface area contributed by atoms with Gasteiger partial charge in [-0.15, -0.1) is 0 Å². The fourth-order valence-corrected chi connectivity index (χ4v) is 1.59. The summed E-state index contributed by atoms with van der Waals surface area (Å²) in [4.78, 5) is 10.7. The van der Waals surface area contributed by atoms with Crippen molar-refractivity contribution in [2.24, 2.45) is 0 Å². The summed E-state index contributed by atoms with van der Waals surface area (Å²) in [5.74, 6) is -0.982. The molecule has 4 N–H and O–H groups in total. The molecule has 0 amide bonds. The monoisotopic (exact) mass is 246 g/mol. The van der Waals surface area contributed by atoms with Crippen LogP contribution in [0.1, 0.15) is 10.4 Å². The highest BCUT2D eigenvalue weighted by atomic mass is 16.4. The first-order chi connectivity index (χ1) is 8.66. The van der Waals surface area contributed by atoms with Crippen LogP contribution < -0.4 is 11.1 Å². The van der Waals surface area contributed by atoms with Crippen LogP contribution in [-0.2, 0) is 6.54 Å². The molecule has 2 rings (SSSR count). The fourth-order valence-electron chi connectivity index (χ4n) is 1.59. The van der Waals surface area contributed by atoms with Gasteiger partial charge in [0.05, 0.1) is 23.5 Å². The zero-order valence-corrected chi connectivity index (χ0v) is 9.71. The van der Waals surface area contributed by atoms with Gasteiger partial charge in [-0.1, -0.05) is 0 Å². The number of rotatable bonds is 5. The lowest BCUT2D eigenvalue weighted by molar-refractivity contribution is 0.0697. The molecular formula is C12H14N4O2. The topological polar surface area (TPSA) is 93.2 Å². The van der Waals surface area contributed by atoms with E-state index in [4.69, 9.17) is 10.8 Å². The molecule has 0 aliphatic rings. The lowest BCUT2D eigenvalue weighted by atomic mass is 10.2. The molecule has 0 saturated carbocycles. The molecule has 6 heteroatoms. The van der Waals surface area contributed by atoms with Crippen molar-refractivity contribution in [3.05, 3.63) is 42.2 Å². The van der Waals surface area contributed by atoms with Crippen molar-refractivity contribution in [2.75, 3.05) is 17.6 Å². The Morgan fingerprint density at radius 3 is 2.94 bits per heavy atom. The molecular weight excluding hydrogens is 232 g/mol. The van der Waals surface area contributed by atoms with Crippen LogP contribution in [0.15, 0.2) is 36.7 Å². The van der Waals surface area contributed by atoms with E-state index in [1.807, 2.05) is 12.3 Å². The van der Waals surface area contributed by atoms with Crippen molar-refractivity contribution in [1.29, 1.82) is 0 Å². The van der Waals surface area contributed by atoms with Crippen LogP contribution in [0.4, 0.5) is 11.4 Å². The third-order valence-corrected chi connectivity index (χ3v) is 2.51. The maximum atomic E-state index is 10.7. The molecule has 1 aromatic heterocycles. The van der Waals surface area contributed by atoms with E-state index in [0.717, 1.165) is 5.69 Å². The molecule has 0 saturated heterocycles. The molecule has 0 fully saturated rings. The Kier molecular flexibility index (Phi) is 3.47. The number of nitrogen functional groups attached to an aromatic ring is 1. The van der Waals surface area contributed by atoms with Gasteiger partial charge in [0.1, 0.15) is 0 Å². The smallest absolute Gasteiger partial charge is 0.335 e. The lowest BCUT2D eigenvalue weighted by Crippen LogP contribution is -2.12. The third-order valence-electron chi connectivity index (χ3n) is 2.51. The average molecular weight is 246 g/mol. The lowest BCUT2D eigenvalue weighted by Gasteiger charge is -2.09. The first-order valence-corrected chi connectivity index (χ1v) is 5.51. The van der Waals surface area contributed by atoms with Gasteiger partial charge >= 0.3 is 5.97 Å². The number of benzene rings is 1. The van der Waals surface area contributed by atoms with E-state index in [0.29, 0.717) is 18.8 Å². The van der Waals surface area contributed by atoms with Gasteiger partial charge in [-0.3, -0.25) is 4.68 Å². The van der Waals surface area contributed by atoms with Crippen molar-refractivity contribution in [1.82, 2.24) is 9.78 Å². The highest BCUT2D eigenvalue weighted by Gasteiger charge is 2.05. The number of carboxylic acids is 1. The Morgan fingerprint density at radius 1 is 1.50 bits per heavy atom. The fraction of sp³-hybridized carbons (Fsp3) is 0.167. The van der Waals surface area contributed by atoms with E-state index in [9.17, 15) is 4.79 Å². The van der Waals surface area contributed by atoms with Crippen molar-refractivity contribution >= 4 is 17.3 Å². The van der Waals surface area contributed by atoms with Gasteiger partial charge in [-0.2, -0.15) is 5.10 Å². The number of aromatic nitrogens is 2. The first-order valence-electron chi connectivity index (χ1n) is 5.51. The van der Waals surface area contributed by atoms with Crippen LogP contribution in [0, 0.1) is 0 Å². The van der Waals surface area contributed by atoms with Crippen molar-refractivity contribution in [3.63, 3.8) is 0 Å². The summed E-state index contributed by atoms with van der Waals surface area (Å²) in [7, 11) is 0. The molecule has 0 atom stereocenters. The molecule has 94 valence electrons. The minimum atomic E-state index is -0.982. The number of anilines is 2. The molecule has 0 bridgehead atoms. The predicted octanol–water partition coefficient (Wildman–Crippen LogP) is 1.28. The van der Waals surface area contributed by atoms with E-state index >= 15 is 0 Å². The Morgan fingerprint density at radius 2 is 2.33 bits per heavy atom. The van der Waals surface area contributed by atoms with Crippen LogP contribution in [-0.4, -0.2) is 27.4 Å². The highest BCUT2D eigenvalue weighted by molar-refractivity contribution is 5.90. The van der Waals surface area contributed by atoms with Gasteiger partial charge in [-0.05, 0) is 24.3 Å². The molecule has 2 aromatic rings. The normalized spacial score (nSPS) is 10.2. The van der Waals surface area contributed by atoms with Gasteiger partial charge in [0, 0.05) is 18.9 Å². The average Bonchev–Trinajstić information content (AvgIpc) is 2.84. The Labute approximate surface area is 104 Å². The molecule has 0 spiro atoms. The number of nitrogens with zero attached hydrogens (tertiary/aromatic N) is 2. The summed E-state index contributed by atoms with van der Waals surface area (Å²) < 4.78 is 1.80. The minimum Gasteiger partial charge on any atom is -0.478 e. The van der Waals surface area contributed by atoms with Crippen LogP contribution in [0.2, 0.25) is 0 Å². The molecule has 1 heterocycles. The van der Waals surface area contributed by atoms with E-state index in [1.54, 1.807) is 16.9 Å². The van der Waals surface area contributed by atoms with Crippen molar-refractivity contribution in [2.45, 2.75) is 6.54 Å². The molecule has 1 aromatic carbocycles. The zero-order valence-electron chi connectivity index (χ0n) is 9.71. The molecule has 0 aliphatic heterocycles. The van der Waals surface area contributed by atoms with Gasteiger partial charge in [-0.25, -0.2) is 4.79 Å². The van der Waals surface area contributed by atoms with Gasteiger partial charge < -0.3 is 16.2 Å². The number of hydrogen-bond acceptors (Lipinski definition) is 4. The summed E-state index contributed by atoms with van der Waals surface area (Å²) >= 11 is 0. The summed E-state index contributed by atoms with van der Waals surface area (Å²) in [6.07, 6.45) is 3.59. The number of carbonyl (C=O) groups is 1. The van der Waals surface area contributed by atoms with Crippen LogP contribution >= 0.6 is 0 Å². The quantitative estimate of drug-likeness (QED) is 0.691. The molecule has 0 radical (unpaired) electrons. The molecule has 0 aliphatic carbocycles. The largest absolute Gasteiger partial charge is 0.478 e. The van der Waals surface area contributed by atoms with Gasteiger partial charge in [0.25, 0.3) is 0 Å². The number of carboxylic acid groups (broad SMARTS) is 1. The zero-order chi connectivity index (χ0) is 13.0. The van der Waals surface area contributed by atoms with E-state index in [1.165, 1.54) is 12.1 Å². The SMILES string of the molecule is Nc1cc(C(=O)O)ccc1NCCn1cccn1. The number of aromatic carboxylic acids is 1. The molecule has 18 heavy (non-hydrogen) atoms.